The van der Waals surface area contributed by atoms with Crippen molar-refractivity contribution in [2.45, 2.75) is 27.4 Å². The molecule has 9 rings (SSSR count). The van der Waals surface area contributed by atoms with Crippen molar-refractivity contribution in [2.24, 2.45) is 5.16 Å². The van der Waals surface area contributed by atoms with Crippen molar-refractivity contribution >= 4 is 74.8 Å². The second-order valence-electron chi connectivity index (χ2n) is 14.6. The molecule has 2 aromatic heterocycles. The molecule has 324 valence electrons. The number of carbonyl (C=O) groups excluding carboxylic acids is 3. The zero-order valence-corrected chi connectivity index (χ0v) is 37.9. The van der Waals surface area contributed by atoms with E-state index in [0.717, 1.165) is 32.2 Å². The number of anilines is 1. The fraction of sp³-hybridized carbons (Fsp3) is 0.122. The normalized spacial score (nSPS) is 16.2. The highest BCUT2D eigenvalue weighted by molar-refractivity contribution is 8.03. The van der Waals surface area contributed by atoms with Gasteiger partial charge in [-0.3, -0.25) is 14.5 Å². The van der Waals surface area contributed by atoms with Gasteiger partial charge in [-0.1, -0.05) is 180 Å². The molecule has 2 amide bonds. The Hall–Kier alpha value is -6.85. The average molecular weight is 934 g/mol. The van der Waals surface area contributed by atoms with Gasteiger partial charge < -0.3 is 20.2 Å². The van der Waals surface area contributed by atoms with Crippen LogP contribution in [0, 0.1) is 0 Å². The van der Waals surface area contributed by atoms with Gasteiger partial charge in [0.15, 0.2) is 21.3 Å². The number of carbonyl (C=O) groups is 3. The minimum Gasteiger partial charge on any atom is -0.448 e. The third-order valence-corrected chi connectivity index (χ3v) is 14.4. The maximum Gasteiger partial charge on any atom is 0.356 e. The van der Waals surface area contributed by atoms with E-state index in [1.165, 1.54) is 58.2 Å². The number of ether oxygens (including phenoxy) is 1. The van der Waals surface area contributed by atoms with Crippen LogP contribution in [0.3, 0.4) is 0 Å². The van der Waals surface area contributed by atoms with Gasteiger partial charge in [0, 0.05) is 11.1 Å². The lowest BCUT2D eigenvalue weighted by Crippen LogP contribution is -2.71. The summed E-state index contributed by atoms with van der Waals surface area (Å²) in [4.78, 5) is 54.5. The molecule has 0 bridgehead atoms. The van der Waals surface area contributed by atoms with E-state index in [1.807, 2.05) is 121 Å². The number of amides is 2. The Balaban J connectivity index is 0.983. The first-order valence-electron chi connectivity index (χ1n) is 20.4. The van der Waals surface area contributed by atoms with Crippen LogP contribution in [-0.4, -0.2) is 67.9 Å². The molecular weight excluding hydrogens is 895 g/mol. The molecule has 4 heterocycles. The summed E-state index contributed by atoms with van der Waals surface area (Å²) in [5.74, 6) is -1.46. The summed E-state index contributed by atoms with van der Waals surface area (Å²) in [6.45, 7) is 0. The van der Waals surface area contributed by atoms with Crippen molar-refractivity contribution < 1.29 is 24.0 Å². The first-order valence-corrected chi connectivity index (χ1v) is 24.0. The van der Waals surface area contributed by atoms with E-state index in [9.17, 15) is 14.4 Å². The molecule has 1 saturated heterocycles. The topological polar surface area (TPSA) is 148 Å². The van der Waals surface area contributed by atoms with Crippen molar-refractivity contribution in [3.63, 3.8) is 0 Å². The Morgan fingerprint density at radius 2 is 1.40 bits per heavy atom. The van der Waals surface area contributed by atoms with Crippen LogP contribution in [0.5, 0.6) is 0 Å². The number of hydrogen-bond donors (Lipinski definition) is 2. The minimum absolute atomic E-state index is 0.106. The molecule has 2 unspecified atom stereocenters. The monoisotopic (exact) mass is 933 g/mol. The van der Waals surface area contributed by atoms with Gasteiger partial charge in [0.05, 0.1) is 0 Å². The van der Waals surface area contributed by atoms with Gasteiger partial charge in [-0.15, -0.1) is 33.3 Å². The summed E-state index contributed by atoms with van der Waals surface area (Å²) in [7, 11) is 1.34. The Morgan fingerprint density at radius 1 is 0.831 bits per heavy atom. The summed E-state index contributed by atoms with van der Waals surface area (Å²) in [5.41, 5.74) is 6.10. The second kappa shape index (κ2) is 19.9. The molecule has 7 aromatic rings. The molecule has 0 saturated carbocycles. The SMILES string of the molecule is CON=C(C(=O)NC1C(=O)N2C(C(=O)OC(c3ccccc3)c3ccccc3)=C(C=CSc3nncs3)CSC12)c1csc(NC(c2ccccc2)(c2ccccc2)c2ccccc2)n1. The van der Waals surface area contributed by atoms with Crippen LogP contribution in [0.4, 0.5) is 5.13 Å². The zero-order valence-electron chi connectivity index (χ0n) is 34.6. The Kier molecular flexibility index (Phi) is 13.3. The maximum atomic E-state index is 14.5. The Bertz CT molecular complexity index is 2710. The van der Waals surface area contributed by atoms with E-state index in [2.05, 4.69) is 62.4 Å². The van der Waals surface area contributed by atoms with Gasteiger partial charge in [-0.25, -0.2) is 9.78 Å². The van der Waals surface area contributed by atoms with E-state index in [-0.39, 0.29) is 17.1 Å². The Labute approximate surface area is 391 Å². The second-order valence-corrected chi connectivity index (χ2v) is 18.5. The van der Waals surface area contributed by atoms with Crippen LogP contribution in [-0.2, 0) is 29.5 Å². The first-order chi connectivity index (χ1) is 31.9. The van der Waals surface area contributed by atoms with Crippen molar-refractivity contribution in [2.75, 3.05) is 18.2 Å². The van der Waals surface area contributed by atoms with E-state index < -0.39 is 40.8 Å². The Morgan fingerprint density at radius 3 is 1.94 bits per heavy atom. The van der Waals surface area contributed by atoms with Gasteiger partial charge in [0.2, 0.25) is 0 Å². The van der Waals surface area contributed by atoms with Gasteiger partial charge in [-0.2, -0.15) is 0 Å². The fourth-order valence-electron chi connectivity index (χ4n) is 7.78. The number of β-lactam (4-membered cyclic amide) rings is 1. The highest BCUT2D eigenvalue weighted by Gasteiger charge is 2.55. The number of thiazole rings is 1. The number of thioether (sulfide) groups is 2. The van der Waals surface area contributed by atoms with E-state index >= 15 is 0 Å². The molecule has 1 fully saturated rings. The number of fused-ring (bicyclic) bond motifs is 1. The predicted molar refractivity (Wildman–Crippen MR) is 256 cm³/mol. The van der Waals surface area contributed by atoms with Crippen LogP contribution >= 0.6 is 46.2 Å². The molecule has 2 aliphatic heterocycles. The van der Waals surface area contributed by atoms with Gasteiger partial charge in [-0.05, 0) is 44.9 Å². The van der Waals surface area contributed by atoms with Crippen LogP contribution < -0.4 is 10.6 Å². The predicted octanol–water partition coefficient (Wildman–Crippen LogP) is 9.04. The molecule has 0 aliphatic carbocycles. The molecule has 0 radical (unpaired) electrons. The first kappa shape index (κ1) is 43.4. The molecule has 2 N–H and O–H groups in total. The van der Waals surface area contributed by atoms with Crippen LogP contribution in [0.15, 0.2) is 195 Å². The standard InChI is InChI=1S/C49H39N7O5S4/c1-60-55-39(38-30-64-47(51-38)53-49(35-21-11-4-12-22-35,36-23-13-5-14-24-36)37-25-15-6-16-26-37)43(57)52-40-44(58)56-41(34(29-63-45(40)56)27-28-62-48-54-50-31-65-48)46(59)61-42(32-17-7-2-8-18-32)33-19-9-3-10-20-33/h2-28,30-31,40,42,45H,29H2,1H3,(H,51,53)(H,52,57). The maximum absolute atomic E-state index is 14.5. The fourth-order valence-corrected chi connectivity index (χ4v) is 11.1. The van der Waals surface area contributed by atoms with Crippen LogP contribution in [0.1, 0.15) is 39.6 Å². The van der Waals surface area contributed by atoms with Gasteiger partial charge in [0.25, 0.3) is 11.8 Å². The molecule has 0 spiro atoms. The summed E-state index contributed by atoms with van der Waals surface area (Å²) in [6, 6.07) is 48.2. The smallest absolute Gasteiger partial charge is 0.356 e. The van der Waals surface area contributed by atoms with E-state index in [4.69, 9.17) is 14.6 Å². The van der Waals surface area contributed by atoms with Crippen LogP contribution in [0.25, 0.3) is 0 Å². The quantitative estimate of drug-likeness (QED) is 0.0239. The highest BCUT2D eigenvalue weighted by Crippen LogP contribution is 2.43. The molecular formula is C49H39N7O5S4. The van der Waals surface area contributed by atoms with E-state index in [0.29, 0.717) is 16.5 Å². The number of benzene rings is 5. The molecule has 2 aliphatic rings. The van der Waals surface area contributed by atoms with Crippen molar-refractivity contribution in [1.82, 2.24) is 25.4 Å². The molecule has 5 aromatic carbocycles. The highest BCUT2D eigenvalue weighted by atomic mass is 32.2. The number of hydrogen-bond acceptors (Lipinski definition) is 14. The number of nitrogens with zero attached hydrogens (tertiary/aromatic N) is 5. The van der Waals surface area contributed by atoms with Gasteiger partial charge >= 0.3 is 5.97 Å². The number of esters is 1. The lowest BCUT2D eigenvalue weighted by Gasteiger charge is -2.49. The van der Waals surface area contributed by atoms with E-state index in [1.54, 1.807) is 17.0 Å². The summed E-state index contributed by atoms with van der Waals surface area (Å²) < 4.78 is 7.04. The molecule has 12 nitrogen and oxygen atoms in total. The summed E-state index contributed by atoms with van der Waals surface area (Å²) in [5, 5.41) is 22.1. The lowest BCUT2D eigenvalue weighted by molar-refractivity contribution is -0.154. The average Bonchev–Trinajstić information content (AvgIpc) is 4.07. The van der Waals surface area contributed by atoms with Crippen molar-refractivity contribution in [3.8, 4) is 0 Å². The summed E-state index contributed by atoms with van der Waals surface area (Å²) in [6.07, 6.45) is 1.05. The molecule has 16 heteroatoms. The largest absolute Gasteiger partial charge is 0.448 e. The van der Waals surface area contributed by atoms with Gasteiger partial charge in [0.1, 0.15) is 41.0 Å². The third kappa shape index (κ3) is 9.11. The molecule has 2 atom stereocenters. The van der Waals surface area contributed by atoms with Crippen LogP contribution in [0.2, 0.25) is 0 Å². The number of nitrogens with one attached hydrogen (secondary N) is 2. The number of aromatic nitrogens is 3. The number of allylic oxidation sites excluding steroid dienone is 1. The van der Waals surface area contributed by atoms with Crippen molar-refractivity contribution in [3.05, 3.63) is 219 Å². The van der Waals surface area contributed by atoms with Crippen molar-refractivity contribution in [1.29, 1.82) is 0 Å². The summed E-state index contributed by atoms with van der Waals surface area (Å²) >= 11 is 5.48. The number of rotatable bonds is 16. The minimum atomic E-state index is -0.990. The number of oxime groups is 1. The molecule has 65 heavy (non-hydrogen) atoms. The third-order valence-electron chi connectivity index (χ3n) is 10.7. The lowest BCUT2D eigenvalue weighted by atomic mass is 9.77. The zero-order chi connectivity index (χ0) is 44.6.